The first-order valence-electron chi connectivity index (χ1n) is 4.88. The van der Waals surface area contributed by atoms with E-state index in [1.807, 2.05) is 6.92 Å². The summed E-state index contributed by atoms with van der Waals surface area (Å²) in [6.45, 7) is 2.28. The van der Waals surface area contributed by atoms with Crippen molar-refractivity contribution < 1.29 is 9.53 Å². The number of hydrazine groups is 1. The zero-order valence-electron chi connectivity index (χ0n) is 8.30. The molecule has 1 aliphatic carbocycles. The van der Waals surface area contributed by atoms with E-state index in [0.29, 0.717) is 12.5 Å². The van der Waals surface area contributed by atoms with E-state index in [9.17, 15) is 4.79 Å². The van der Waals surface area contributed by atoms with Gasteiger partial charge in [-0.1, -0.05) is 6.42 Å². The lowest BCUT2D eigenvalue weighted by atomic mass is 9.80. The molecular weight excluding hydrogens is 168 g/mol. The summed E-state index contributed by atoms with van der Waals surface area (Å²) in [6.07, 6.45) is 3.47. The third kappa shape index (κ3) is 2.67. The zero-order chi connectivity index (χ0) is 9.68. The molecule has 2 N–H and O–H groups in total. The predicted octanol–water partition coefficient (Wildman–Crippen LogP) is 0.442. The highest BCUT2D eigenvalue weighted by Crippen LogP contribution is 2.29. The van der Waals surface area contributed by atoms with Gasteiger partial charge in [-0.15, -0.1) is 0 Å². The fourth-order valence-electron chi connectivity index (χ4n) is 1.53. The third-order valence-electron chi connectivity index (χ3n) is 2.46. The molecule has 1 unspecified atom stereocenters. The Morgan fingerprint density at radius 1 is 1.62 bits per heavy atom. The summed E-state index contributed by atoms with van der Waals surface area (Å²) < 4.78 is 4.97. The summed E-state index contributed by atoms with van der Waals surface area (Å²) in [7, 11) is 1.77. The van der Waals surface area contributed by atoms with E-state index in [1.54, 1.807) is 7.05 Å². The number of rotatable bonds is 5. The first-order chi connectivity index (χ1) is 6.29. The van der Waals surface area contributed by atoms with Crippen LogP contribution in [0, 0.1) is 5.92 Å². The van der Waals surface area contributed by atoms with Gasteiger partial charge in [-0.3, -0.25) is 10.2 Å². The first kappa shape index (κ1) is 10.5. The maximum absolute atomic E-state index is 11.4. The molecule has 0 aromatic heterocycles. The molecule has 1 aliphatic rings. The molecule has 0 aromatic carbocycles. The number of nitrogens with one attached hydrogen (secondary N) is 2. The monoisotopic (exact) mass is 186 g/mol. The quantitative estimate of drug-likeness (QED) is 0.483. The van der Waals surface area contributed by atoms with Crippen molar-refractivity contribution in [3.63, 3.8) is 0 Å². The molecule has 4 heteroatoms. The van der Waals surface area contributed by atoms with Crippen molar-refractivity contribution in [2.75, 3.05) is 13.7 Å². The number of carbonyl (C=O) groups is 1. The van der Waals surface area contributed by atoms with Crippen molar-refractivity contribution in [1.82, 2.24) is 10.9 Å². The third-order valence-corrected chi connectivity index (χ3v) is 2.46. The second-order valence-electron chi connectivity index (χ2n) is 3.32. The highest BCUT2D eigenvalue weighted by Gasteiger charge is 2.32. The second kappa shape index (κ2) is 5.19. The Labute approximate surface area is 79.0 Å². The lowest BCUT2D eigenvalue weighted by Gasteiger charge is -2.32. The van der Waals surface area contributed by atoms with Gasteiger partial charge in [0.05, 0.1) is 6.61 Å². The molecule has 1 fully saturated rings. The van der Waals surface area contributed by atoms with E-state index in [2.05, 4.69) is 10.9 Å². The molecule has 4 nitrogen and oxygen atoms in total. The Hall–Kier alpha value is -0.610. The minimum absolute atomic E-state index is 0.137. The molecule has 1 atom stereocenters. The number of carbonyl (C=O) groups excluding carboxylic acids is 1. The van der Waals surface area contributed by atoms with Crippen LogP contribution in [0.25, 0.3) is 0 Å². The maximum atomic E-state index is 11.4. The molecule has 1 rings (SSSR count). The molecule has 0 spiro atoms. The van der Waals surface area contributed by atoms with Crippen molar-refractivity contribution >= 4 is 5.97 Å². The number of hydrogen-bond acceptors (Lipinski definition) is 4. The molecule has 0 bridgehead atoms. The molecule has 0 saturated heterocycles. The zero-order valence-corrected chi connectivity index (χ0v) is 8.30. The molecule has 0 heterocycles. The molecule has 0 amide bonds. The number of ether oxygens (including phenoxy) is 1. The Balaban J connectivity index is 2.40. The van der Waals surface area contributed by atoms with E-state index in [-0.39, 0.29) is 12.0 Å². The maximum Gasteiger partial charge on any atom is 0.324 e. The minimum atomic E-state index is -0.168. The van der Waals surface area contributed by atoms with Gasteiger partial charge in [-0.25, -0.2) is 5.43 Å². The van der Waals surface area contributed by atoms with Crippen LogP contribution >= 0.6 is 0 Å². The summed E-state index contributed by atoms with van der Waals surface area (Å²) in [5.41, 5.74) is 5.75. The van der Waals surface area contributed by atoms with Crippen molar-refractivity contribution in [2.24, 2.45) is 5.92 Å². The van der Waals surface area contributed by atoms with Crippen molar-refractivity contribution in [2.45, 2.75) is 32.2 Å². The molecule has 0 radical (unpaired) electrons. The average Bonchev–Trinajstić information content (AvgIpc) is 2.01. The molecule has 0 aromatic rings. The SMILES string of the molecule is CCOC(=O)C(NNC)C1CCC1. The van der Waals surface area contributed by atoms with Gasteiger partial charge in [0.2, 0.25) is 0 Å². The Kier molecular flexibility index (Phi) is 4.18. The Morgan fingerprint density at radius 2 is 2.31 bits per heavy atom. The number of hydrogen-bond donors (Lipinski definition) is 2. The summed E-state index contributed by atoms with van der Waals surface area (Å²) in [6, 6.07) is -0.168. The lowest BCUT2D eigenvalue weighted by molar-refractivity contribution is -0.148. The summed E-state index contributed by atoms with van der Waals surface area (Å²) >= 11 is 0. The van der Waals surface area contributed by atoms with E-state index >= 15 is 0 Å². The Bertz CT molecular complexity index is 169. The van der Waals surface area contributed by atoms with Gasteiger partial charge in [-0.05, 0) is 32.7 Å². The summed E-state index contributed by atoms with van der Waals surface area (Å²) in [5.74, 6) is 0.313. The van der Waals surface area contributed by atoms with Gasteiger partial charge in [0.15, 0.2) is 0 Å². The fraction of sp³-hybridized carbons (Fsp3) is 0.889. The van der Waals surface area contributed by atoms with Crippen LogP contribution < -0.4 is 10.9 Å². The van der Waals surface area contributed by atoms with Gasteiger partial charge in [0.1, 0.15) is 6.04 Å². The van der Waals surface area contributed by atoms with Crippen molar-refractivity contribution in [3.8, 4) is 0 Å². The normalized spacial score (nSPS) is 19.2. The molecule has 13 heavy (non-hydrogen) atoms. The molecule has 0 aliphatic heterocycles. The standard InChI is InChI=1S/C9H18N2O2/c1-3-13-9(12)8(11-10-2)7-5-4-6-7/h7-8,10-11H,3-6H2,1-2H3. The highest BCUT2D eigenvalue weighted by molar-refractivity contribution is 5.76. The average molecular weight is 186 g/mol. The van der Waals surface area contributed by atoms with Crippen LogP contribution in [0.3, 0.4) is 0 Å². The van der Waals surface area contributed by atoms with Crippen LogP contribution in [0.1, 0.15) is 26.2 Å². The Morgan fingerprint density at radius 3 is 2.69 bits per heavy atom. The fourth-order valence-corrected chi connectivity index (χ4v) is 1.53. The highest BCUT2D eigenvalue weighted by atomic mass is 16.5. The van der Waals surface area contributed by atoms with E-state index in [0.717, 1.165) is 12.8 Å². The van der Waals surface area contributed by atoms with E-state index < -0.39 is 0 Å². The van der Waals surface area contributed by atoms with Crippen LogP contribution in [-0.2, 0) is 9.53 Å². The van der Waals surface area contributed by atoms with Crippen LogP contribution in [0.4, 0.5) is 0 Å². The molecular formula is C9H18N2O2. The summed E-state index contributed by atoms with van der Waals surface area (Å²) in [5, 5.41) is 0. The van der Waals surface area contributed by atoms with Gasteiger partial charge in [0.25, 0.3) is 0 Å². The lowest BCUT2D eigenvalue weighted by Crippen LogP contribution is -2.50. The number of esters is 1. The van der Waals surface area contributed by atoms with Crippen LogP contribution in [0.5, 0.6) is 0 Å². The smallest absolute Gasteiger partial charge is 0.324 e. The predicted molar refractivity (Wildman–Crippen MR) is 50.0 cm³/mol. The summed E-state index contributed by atoms with van der Waals surface area (Å²) in [4.78, 5) is 11.4. The van der Waals surface area contributed by atoms with E-state index in [4.69, 9.17) is 4.74 Å². The molecule has 76 valence electrons. The van der Waals surface area contributed by atoms with Crippen molar-refractivity contribution in [3.05, 3.63) is 0 Å². The largest absolute Gasteiger partial charge is 0.465 e. The van der Waals surface area contributed by atoms with Crippen LogP contribution in [0.15, 0.2) is 0 Å². The second-order valence-corrected chi connectivity index (χ2v) is 3.32. The van der Waals surface area contributed by atoms with E-state index in [1.165, 1.54) is 6.42 Å². The minimum Gasteiger partial charge on any atom is -0.465 e. The van der Waals surface area contributed by atoms with Crippen LogP contribution in [-0.4, -0.2) is 25.7 Å². The van der Waals surface area contributed by atoms with Gasteiger partial charge >= 0.3 is 5.97 Å². The van der Waals surface area contributed by atoms with Gasteiger partial charge < -0.3 is 4.74 Å². The van der Waals surface area contributed by atoms with Gasteiger partial charge in [0, 0.05) is 0 Å². The van der Waals surface area contributed by atoms with Gasteiger partial charge in [-0.2, -0.15) is 0 Å². The van der Waals surface area contributed by atoms with Crippen LogP contribution in [0.2, 0.25) is 0 Å². The molecule has 1 saturated carbocycles. The first-order valence-corrected chi connectivity index (χ1v) is 4.88. The topological polar surface area (TPSA) is 50.4 Å². The van der Waals surface area contributed by atoms with Crippen molar-refractivity contribution in [1.29, 1.82) is 0 Å².